The molecule has 0 fully saturated rings. The second-order valence-corrected chi connectivity index (χ2v) is 12.6. The highest BCUT2D eigenvalue weighted by Crippen LogP contribution is 2.29. The fourth-order valence-corrected chi connectivity index (χ4v) is 6.44. The first-order chi connectivity index (χ1) is 24.1. The third-order valence-corrected chi connectivity index (χ3v) is 9.41. The molecule has 2 aliphatic carbocycles. The summed E-state index contributed by atoms with van der Waals surface area (Å²) in [6, 6.07) is 10.7. The van der Waals surface area contributed by atoms with Gasteiger partial charge in [0.1, 0.15) is 0 Å². The van der Waals surface area contributed by atoms with Gasteiger partial charge in [-0.2, -0.15) is 0 Å². The zero-order chi connectivity index (χ0) is 33.8. The van der Waals surface area contributed by atoms with Crippen LogP contribution in [0.3, 0.4) is 0 Å². The lowest BCUT2D eigenvalue weighted by atomic mass is 9.88. The molecule has 0 radical (unpaired) electrons. The number of fused-ring (bicyclic) bond motifs is 2. The molecule has 4 heteroatoms. The van der Waals surface area contributed by atoms with Crippen LogP contribution in [0.4, 0.5) is 0 Å². The largest absolute Gasteiger partial charge is 0.348 e. The second kappa shape index (κ2) is 16.7. The maximum absolute atomic E-state index is 4.83. The first kappa shape index (κ1) is 33.5. The quantitative estimate of drug-likeness (QED) is 0.229. The molecule has 0 amide bonds. The molecule has 6 rings (SSSR count). The Morgan fingerprint density at radius 3 is 2.78 bits per heavy atom. The van der Waals surface area contributed by atoms with Crippen LogP contribution < -0.4 is 0 Å². The van der Waals surface area contributed by atoms with Crippen molar-refractivity contribution in [1.29, 1.82) is 0 Å². The molecule has 0 bridgehead atoms. The molecular formula is C45H46N4. The Kier molecular flexibility index (Phi) is 11.4. The van der Waals surface area contributed by atoms with Crippen molar-refractivity contribution < 1.29 is 0 Å². The Balaban J connectivity index is 1.22. The number of rotatable bonds is 11. The van der Waals surface area contributed by atoms with Gasteiger partial charge in [0.2, 0.25) is 0 Å². The van der Waals surface area contributed by atoms with Gasteiger partial charge in [0.25, 0.3) is 0 Å². The standard InChI is InChI=1S/C45H46N4/c1-4-36(41-30-39-12-6-8-16-44(39)47-32-41)14-10-28-49(29-11-15-37(5-2)42-31-40-13-7-9-17-45(40)48-33-42)43-22-20-38(21-23-43)34(3)18-19-35-24-26-46-27-25-35/h4,6-20,22,24,26-27,29-33,40,45H,5,21,23,25,28H2,1-3H3/b14-10-,29-11+,34-18+,35-19-,36-4+,37-15+/t40-,45?/m0/s1. The predicted octanol–water partition coefficient (Wildman–Crippen LogP) is 10.9. The van der Waals surface area contributed by atoms with Gasteiger partial charge in [0.05, 0.1) is 11.6 Å². The zero-order valence-electron chi connectivity index (χ0n) is 28.9. The Labute approximate surface area is 292 Å². The van der Waals surface area contributed by atoms with E-state index in [1.54, 1.807) is 0 Å². The van der Waals surface area contributed by atoms with E-state index < -0.39 is 0 Å². The number of nitrogens with zero attached hydrogens (tertiary/aromatic N) is 4. The minimum atomic E-state index is 0.224. The number of allylic oxidation sites excluding steroid dienone is 18. The minimum absolute atomic E-state index is 0.224. The third-order valence-electron chi connectivity index (χ3n) is 9.41. The van der Waals surface area contributed by atoms with Crippen molar-refractivity contribution in [2.24, 2.45) is 15.9 Å². The molecule has 1 aromatic carbocycles. The predicted molar refractivity (Wildman–Crippen MR) is 210 cm³/mol. The Morgan fingerprint density at radius 2 is 1.96 bits per heavy atom. The normalized spacial score (nSPS) is 21.9. The van der Waals surface area contributed by atoms with Crippen LogP contribution in [-0.4, -0.2) is 34.9 Å². The summed E-state index contributed by atoms with van der Waals surface area (Å²) < 4.78 is 0. The minimum Gasteiger partial charge on any atom is -0.348 e. The fourth-order valence-electron chi connectivity index (χ4n) is 6.44. The molecule has 0 N–H and O–H groups in total. The summed E-state index contributed by atoms with van der Waals surface area (Å²) in [4.78, 5) is 16.1. The average molecular weight is 643 g/mol. The van der Waals surface area contributed by atoms with Gasteiger partial charge in [-0.3, -0.25) is 15.0 Å². The summed E-state index contributed by atoms with van der Waals surface area (Å²) in [6.45, 7) is 7.29. The molecule has 1 unspecified atom stereocenters. The molecular weight excluding hydrogens is 597 g/mol. The monoisotopic (exact) mass is 642 g/mol. The highest BCUT2D eigenvalue weighted by atomic mass is 15.1. The van der Waals surface area contributed by atoms with Crippen LogP contribution in [0.1, 0.15) is 52.0 Å². The number of pyridine rings is 1. The number of aromatic nitrogens is 1. The summed E-state index contributed by atoms with van der Waals surface area (Å²) in [7, 11) is 0. The molecule has 49 heavy (non-hydrogen) atoms. The molecule has 2 atom stereocenters. The lowest BCUT2D eigenvalue weighted by Crippen LogP contribution is -2.19. The first-order valence-corrected chi connectivity index (χ1v) is 17.5. The fraction of sp³-hybridized carbons (Fsp3) is 0.222. The zero-order valence-corrected chi connectivity index (χ0v) is 28.9. The molecule has 0 spiro atoms. The average Bonchev–Trinajstić information content (AvgIpc) is 3.16. The first-order valence-electron chi connectivity index (χ1n) is 17.5. The van der Waals surface area contributed by atoms with E-state index in [0.717, 1.165) is 54.3 Å². The highest BCUT2D eigenvalue weighted by Gasteiger charge is 2.20. The van der Waals surface area contributed by atoms with Gasteiger partial charge in [0.15, 0.2) is 0 Å². The van der Waals surface area contributed by atoms with Gasteiger partial charge < -0.3 is 4.90 Å². The van der Waals surface area contributed by atoms with Crippen molar-refractivity contribution in [3.05, 3.63) is 179 Å². The van der Waals surface area contributed by atoms with Gasteiger partial charge in [-0.15, -0.1) is 0 Å². The number of hydrogen-bond donors (Lipinski definition) is 0. The molecule has 0 saturated heterocycles. The van der Waals surface area contributed by atoms with Crippen molar-refractivity contribution in [3.8, 4) is 0 Å². The van der Waals surface area contributed by atoms with E-state index in [0.29, 0.717) is 5.92 Å². The number of benzene rings is 1. The van der Waals surface area contributed by atoms with Crippen LogP contribution in [0.15, 0.2) is 184 Å². The van der Waals surface area contributed by atoms with Crippen LogP contribution in [0.2, 0.25) is 0 Å². The third kappa shape index (κ3) is 8.77. The summed E-state index contributed by atoms with van der Waals surface area (Å²) in [5.74, 6) is 0.333. The van der Waals surface area contributed by atoms with Gasteiger partial charge in [-0.1, -0.05) is 98.0 Å². The van der Waals surface area contributed by atoms with Crippen LogP contribution in [0.5, 0.6) is 0 Å². The van der Waals surface area contributed by atoms with Crippen molar-refractivity contribution in [2.75, 3.05) is 6.54 Å². The maximum Gasteiger partial charge on any atom is 0.0780 e. The summed E-state index contributed by atoms with van der Waals surface area (Å²) in [6.07, 6.45) is 47.1. The van der Waals surface area contributed by atoms with Gasteiger partial charge >= 0.3 is 0 Å². The number of dihydropyridines is 1. The molecule has 3 heterocycles. The lowest BCUT2D eigenvalue weighted by Gasteiger charge is -2.25. The molecule has 2 aromatic rings. The van der Waals surface area contributed by atoms with Crippen molar-refractivity contribution in [1.82, 2.24) is 9.88 Å². The Morgan fingerprint density at radius 1 is 1.06 bits per heavy atom. The van der Waals surface area contributed by atoms with Crippen molar-refractivity contribution >= 4 is 28.9 Å². The van der Waals surface area contributed by atoms with Gasteiger partial charge in [-0.05, 0) is 96.9 Å². The van der Waals surface area contributed by atoms with E-state index in [1.165, 1.54) is 33.6 Å². The SMILES string of the molecule is C/C=C(\C=C/CN(/C=C/C=C(\CC)C1=C[C@@H]2C=CC=CC2N=C1)C1=CC=C(/C(C)=C/C=C2/C=CN=CC2)CC1)c1cnc2ccccc2c1. The van der Waals surface area contributed by atoms with E-state index in [4.69, 9.17) is 9.98 Å². The van der Waals surface area contributed by atoms with E-state index in [1.807, 2.05) is 24.7 Å². The van der Waals surface area contributed by atoms with Gasteiger partial charge in [0, 0.05) is 66.6 Å². The second-order valence-electron chi connectivity index (χ2n) is 12.6. The molecule has 0 saturated carbocycles. The highest BCUT2D eigenvalue weighted by molar-refractivity contribution is 5.86. The van der Waals surface area contributed by atoms with Crippen molar-refractivity contribution in [3.63, 3.8) is 0 Å². The van der Waals surface area contributed by atoms with E-state index >= 15 is 0 Å². The molecule has 4 nitrogen and oxygen atoms in total. The van der Waals surface area contributed by atoms with Crippen LogP contribution in [0, 0.1) is 5.92 Å². The Bertz CT molecular complexity index is 1980. The van der Waals surface area contributed by atoms with E-state index in [2.05, 4.69) is 158 Å². The summed E-state index contributed by atoms with van der Waals surface area (Å²) >= 11 is 0. The summed E-state index contributed by atoms with van der Waals surface area (Å²) in [5, 5.41) is 1.15. The van der Waals surface area contributed by atoms with E-state index in [9.17, 15) is 0 Å². The molecule has 2 aliphatic heterocycles. The maximum atomic E-state index is 4.83. The number of hydrogen-bond acceptors (Lipinski definition) is 4. The van der Waals surface area contributed by atoms with E-state index in [-0.39, 0.29) is 6.04 Å². The lowest BCUT2D eigenvalue weighted by molar-refractivity contribution is 0.488. The Hall–Kier alpha value is -5.35. The number of para-hydroxylation sites is 1. The molecule has 246 valence electrons. The van der Waals surface area contributed by atoms with Gasteiger partial charge in [-0.25, -0.2) is 0 Å². The molecule has 4 aliphatic rings. The number of aliphatic imine (C=N–C) groups is 2. The smallest absolute Gasteiger partial charge is 0.0780 e. The van der Waals surface area contributed by atoms with Crippen LogP contribution in [0.25, 0.3) is 16.5 Å². The van der Waals surface area contributed by atoms with Crippen molar-refractivity contribution in [2.45, 2.75) is 52.5 Å². The topological polar surface area (TPSA) is 40.9 Å². The molecule has 1 aromatic heterocycles. The van der Waals surface area contributed by atoms with Crippen LogP contribution in [-0.2, 0) is 0 Å². The van der Waals surface area contributed by atoms with Crippen LogP contribution >= 0.6 is 0 Å². The summed E-state index contributed by atoms with van der Waals surface area (Å²) in [5.41, 5.74) is 11.1.